The first-order valence-corrected chi connectivity index (χ1v) is 8.96. The standard InChI is InChI=1S/C20H20N2O2S/c1-24-17-9-7-16(8-10-17)20(23)21-12-11-19-22-14-18(25-19)13-15-5-3-2-4-6-15/h2-10,14H,11-13H2,1H3,(H,21,23). The minimum Gasteiger partial charge on any atom is -0.497 e. The van der Waals surface area contributed by atoms with Crippen molar-refractivity contribution in [1.82, 2.24) is 10.3 Å². The molecule has 0 bridgehead atoms. The minimum absolute atomic E-state index is 0.0799. The normalized spacial score (nSPS) is 10.4. The van der Waals surface area contributed by atoms with Crippen LogP contribution in [0.15, 0.2) is 60.8 Å². The molecule has 0 radical (unpaired) electrons. The molecule has 0 unspecified atom stereocenters. The number of aromatic nitrogens is 1. The van der Waals surface area contributed by atoms with Crippen LogP contribution in [0.25, 0.3) is 0 Å². The number of carbonyl (C=O) groups excluding carboxylic acids is 1. The highest BCUT2D eigenvalue weighted by Crippen LogP contribution is 2.17. The Bertz CT molecular complexity index is 813. The van der Waals surface area contributed by atoms with Gasteiger partial charge in [0.1, 0.15) is 5.75 Å². The second-order valence-electron chi connectivity index (χ2n) is 5.62. The van der Waals surface area contributed by atoms with Gasteiger partial charge < -0.3 is 10.1 Å². The van der Waals surface area contributed by atoms with Crippen LogP contribution in [0.5, 0.6) is 5.75 Å². The third kappa shape index (κ3) is 4.90. The first kappa shape index (κ1) is 17.2. The molecule has 3 aromatic rings. The number of thiazole rings is 1. The molecule has 128 valence electrons. The molecule has 5 heteroatoms. The zero-order valence-electron chi connectivity index (χ0n) is 14.1. The van der Waals surface area contributed by atoms with Crippen molar-refractivity contribution in [3.05, 3.63) is 81.8 Å². The van der Waals surface area contributed by atoms with Crippen LogP contribution in [0, 0.1) is 0 Å². The van der Waals surface area contributed by atoms with Crippen LogP contribution in [0.1, 0.15) is 25.8 Å². The number of ether oxygens (including phenoxy) is 1. The van der Waals surface area contributed by atoms with Crippen molar-refractivity contribution in [2.24, 2.45) is 0 Å². The van der Waals surface area contributed by atoms with E-state index >= 15 is 0 Å². The van der Waals surface area contributed by atoms with E-state index in [-0.39, 0.29) is 5.91 Å². The Hall–Kier alpha value is -2.66. The molecule has 4 nitrogen and oxygen atoms in total. The molecule has 1 N–H and O–H groups in total. The molecule has 0 fully saturated rings. The summed E-state index contributed by atoms with van der Waals surface area (Å²) in [6.45, 7) is 0.573. The molecule has 1 heterocycles. The van der Waals surface area contributed by atoms with E-state index in [0.717, 1.165) is 23.6 Å². The largest absolute Gasteiger partial charge is 0.497 e. The van der Waals surface area contributed by atoms with Gasteiger partial charge in [-0.15, -0.1) is 11.3 Å². The minimum atomic E-state index is -0.0799. The molecule has 1 amide bonds. The first-order chi connectivity index (χ1) is 12.2. The van der Waals surface area contributed by atoms with Crippen molar-refractivity contribution in [2.75, 3.05) is 13.7 Å². The second kappa shape index (κ2) is 8.44. The molecule has 2 aromatic carbocycles. The monoisotopic (exact) mass is 352 g/mol. The number of benzene rings is 2. The fourth-order valence-electron chi connectivity index (χ4n) is 2.47. The predicted octanol–water partition coefficient (Wildman–Crippen LogP) is 3.72. The Morgan fingerprint density at radius 1 is 1.12 bits per heavy atom. The summed E-state index contributed by atoms with van der Waals surface area (Å²) in [4.78, 5) is 17.8. The Balaban J connectivity index is 1.48. The van der Waals surface area contributed by atoms with Crippen LogP contribution in [-0.4, -0.2) is 24.5 Å². The number of methoxy groups -OCH3 is 1. The van der Waals surface area contributed by atoms with Gasteiger partial charge in [-0.3, -0.25) is 4.79 Å². The lowest BCUT2D eigenvalue weighted by Gasteiger charge is -2.05. The van der Waals surface area contributed by atoms with E-state index in [4.69, 9.17) is 4.74 Å². The molecule has 1 aromatic heterocycles. The van der Waals surface area contributed by atoms with Crippen molar-refractivity contribution >= 4 is 17.2 Å². The van der Waals surface area contributed by atoms with E-state index in [1.807, 2.05) is 24.4 Å². The van der Waals surface area contributed by atoms with Crippen LogP contribution < -0.4 is 10.1 Å². The fraction of sp³-hybridized carbons (Fsp3) is 0.200. The van der Waals surface area contributed by atoms with Crippen molar-refractivity contribution in [3.63, 3.8) is 0 Å². The van der Waals surface area contributed by atoms with Gasteiger partial charge in [0, 0.05) is 36.0 Å². The average Bonchev–Trinajstić information content (AvgIpc) is 3.10. The zero-order valence-corrected chi connectivity index (χ0v) is 14.9. The molecular formula is C20H20N2O2S. The first-order valence-electron chi connectivity index (χ1n) is 8.14. The van der Waals surface area contributed by atoms with Gasteiger partial charge in [-0.25, -0.2) is 4.98 Å². The van der Waals surface area contributed by atoms with Gasteiger partial charge in [0.15, 0.2) is 0 Å². The highest BCUT2D eigenvalue weighted by atomic mass is 32.1. The average molecular weight is 352 g/mol. The van der Waals surface area contributed by atoms with Gasteiger partial charge in [-0.05, 0) is 29.8 Å². The summed E-state index contributed by atoms with van der Waals surface area (Å²) in [6.07, 6.45) is 3.57. The summed E-state index contributed by atoms with van der Waals surface area (Å²) < 4.78 is 5.09. The summed E-state index contributed by atoms with van der Waals surface area (Å²) in [6, 6.07) is 17.4. The SMILES string of the molecule is COc1ccc(C(=O)NCCc2ncc(Cc3ccccc3)s2)cc1. The van der Waals surface area contributed by atoms with Gasteiger partial charge in [-0.1, -0.05) is 30.3 Å². The molecule has 0 atom stereocenters. The highest BCUT2D eigenvalue weighted by Gasteiger charge is 2.07. The quantitative estimate of drug-likeness (QED) is 0.705. The number of carbonyl (C=O) groups is 1. The lowest BCUT2D eigenvalue weighted by molar-refractivity contribution is 0.0954. The van der Waals surface area contributed by atoms with Crippen LogP contribution in [-0.2, 0) is 12.8 Å². The number of hydrogen-bond acceptors (Lipinski definition) is 4. The van der Waals surface area contributed by atoms with Gasteiger partial charge in [-0.2, -0.15) is 0 Å². The number of nitrogens with one attached hydrogen (secondary N) is 1. The fourth-order valence-corrected chi connectivity index (χ4v) is 3.43. The molecule has 0 saturated heterocycles. The van der Waals surface area contributed by atoms with E-state index in [2.05, 4.69) is 22.4 Å². The van der Waals surface area contributed by atoms with Gasteiger partial charge in [0.2, 0.25) is 0 Å². The smallest absolute Gasteiger partial charge is 0.251 e. The molecule has 25 heavy (non-hydrogen) atoms. The topological polar surface area (TPSA) is 51.2 Å². The number of hydrogen-bond donors (Lipinski definition) is 1. The molecule has 0 spiro atoms. The van der Waals surface area contributed by atoms with E-state index in [1.54, 1.807) is 42.7 Å². The van der Waals surface area contributed by atoms with Crippen LogP contribution in [0.2, 0.25) is 0 Å². The lowest BCUT2D eigenvalue weighted by atomic mass is 10.1. The predicted molar refractivity (Wildman–Crippen MR) is 100 cm³/mol. The van der Waals surface area contributed by atoms with Gasteiger partial charge in [0.05, 0.1) is 12.1 Å². The molecule has 3 rings (SSSR count). The van der Waals surface area contributed by atoms with Crippen molar-refractivity contribution in [3.8, 4) is 5.75 Å². The molecule has 0 aliphatic heterocycles. The van der Waals surface area contributed by atoms with E-state index < -0.39 is 0 Å². The second-order valence-corrected chi connectivity index (χ2v) is 6.82. The number of amides is 1. The zero-order chi connectivity index (χ0) is 17.5. The Kier molecular flexibility index (Phi) is 5.80. The van der Waals surface area contributed by atoms with E-state index in [9.17, 15) is 4.79 Å². The van der Waals surface area contributed by atoms with E-state index in [1.165, 1.54) is 10.4 Å². The van der Waals surface area contributed by atoms with Crippen molar-refractivity contribution in [2.45, 2.75) is 12.8 Å². The van der Waals surface area contributed by atoms with Crippen LogP contribution >= 0.6 is 11.3 Å². The Morgan fingerprint density at radius 3 is 2.60 bits per heavy atom. The van der Waals surface area contributed by atoms with E-state index in [0.29, 0.717) is 12.1 Å². The highest BCUT2D eigenvalue weighted by molar-refractivity contribution is 7.11. The Morgan fingerprint density at radius 2 is 1.88 bits per heavy atom. The molecule has 0 aliphatic carbocycles. The number of rotatable bonds is 7. The summed E-state index contributed by atoms with van der Waals surface area (Å²) in [5.41, 5.74) is 1.91. The lowest BCUT2D eigenvalue weighted by Crippen LogP contribution is -2.25. The molecule has 0 aliphatic rings. The third-order valence-corrected chi connectivity index (χ3v) is 4.86. The van der Waals surface area contributed by atoms with Gasteiger partial charge >= 0.3 is 0 Å². The Labute approximate surface area is 151 Å². The third-order valence-electron chi connectivity index (χ3n) is 3.80. The molecular weight excluding hydrogens is 332 g/mol. The summed E-state index contributed by atoms with van der Waals surface area (Å²) in [5, 5.41) is 3.97. The summed E-state index contributed by atoms with van der Waals surface area (Å²) >= 11 is 1.70. The molecule has 0 saturated carbocycles. The van der Waals surface area contributed by atoms with Crippen molar-refractivity contribution in [1.29, 1.82) is 0 Å². The summed E-state index contributed by atoms with van der Waals surface area (Å²) in [5.74, 6) is 0.661. The maximum atomic E-state index is 12.1. The maximum Gasteiger partial charge on any atom is 0.251 e. The summed E-state index contributed by atoms with van der Waals surface area (Å²) in [7, 11) is 1.61. The van der Waals surface area contributed by atoms with Gasteiger partial charge in [0.25, 0.3) is 5.91 Å². The van der Waals surface area contributed by atoms with Crippen molar-refractivity contribution < 1.29 is 9.53 Å². The maximum absolute atomic E-state index is 12.1. The number of nitrogens with zero attached hydrogens (tertiary/aromatic N) is 1. The van der Waals surface area contributed by atoms with Crippen LogP contribution in [0.3, 0.4) is 0 Å². The van der Waals surface area contributed by atoms with Crippen LogP contribution in [0.4, 0.5) is 0 Å².